The molecule has 1 aromatic carbocycles. The average molecular weight is 433 g/mol. The zero-order valence-corrected chi connectivity index (χ0v) is 19.2. The highest BCUT2D eigenvalue weighted by Crippen LogP contribution is 2.32. The molecule has 1 unspecified atom stereocenters. The van der Waals surface area contributed by atoms with E-state index < -0.39 is 5.91 Å². The largest absolute Gasteiger partial charge is 0.494 e. The lowest BCUT2D eigenvalue weighted by molar-refractivity contribution is -0.114. The number of methoxy groups -OCH3 is 1. The molecule has 0 aliphatic carbocycles. The first kappa shape index (κ1) is 24.4. The summed E-state index contributed by atoms with van der Waals surface area (Å²) in [5.41, 5.74) is 13.4. The molecule has 1 aliphatic rings. The van der Waals surface area contributed by atoms with Crippen LogP contribution in [0.15, 0.2) is 95.7 Å². The van der Waals surface area contributed by atoms with Crippen molar-refractivity contribution in [2.75, 3.05) is 12.4 Å². The second-order valence-corrected chi connectivity index (χ2v) is 7.47. The van der Waals surface area contributed by atoms with Crippen LogP contribution in [0.3, 0.4) is 0 Å². The fourth-order valence-corrected chi connectivity index (χ4v) is 3.18. The van der Waals surface area contributed by atoms with E-state index in [0.717, 1.165) is 17.6 Å². The minimum atomic E-state index is -0.652. The van der Waals surface area contributed by atoms with Crippen molar-refractivity contribution in [1.82, 2.24) is 10.6 Å². The number of ether oxygens (including phenoxy) is 1. The van der Waals surface area contributed by atoms with Crippen molar-refractivity contribution in [3.63, 3.8) is 0 Å². The van der Waals surface area contributed by atoms with Gasteiger partial charge in [-0.1, -0.05) is 43.0 Å². The number of hydrogen-bond donors (Lipinski definition) is 4. The van der Waals surface area contributed by atoms with Gasteiger partial charge >= 0.3 is 0 Å². The molecule has 5 N–H and O–H groups in total. The summed E-state index contributed by atoms with van der Waals surface area (Å²) < 4.78 is 5.69. The quantitative estimate of drug-likeness (QED) is 0.193. The third-order valence-corrected chi connectivity index (χ3v) is 4.93. The Morgan fingerprint density at radius 3 is 2.72 bits per heavy atom. The molecule has 168 valence electrons. The van der Waals surface area contributed by atoms with Crippen LogP contribution in [0.5, 0.6) is 5.75 Å². The van der Waals surface area contributed by atoms with Crippen LogP contribution in [0.2, 0.25) is 0 Å². The lowest BCUT2D eigenvalue weighted by Crippen LogP contribution is -2.38. The third-order valence-electron chi connectivity index (χ3n) is 4.93. The molecule has 1 aliphatic heterocycles. The molecule has 0 saturated carbocycles. The van der Waals surface area contributed by atoms with E-state index in [1.807, 2.05) is 50.4 Å². The van der Waals surface area contributed by atoms with Gasteiger partial charge in [0.05, 0.1) is 18.5 Å². The highest BCUT2D eigenvalue weighted by Gasteiger charge is 2.16. The van der Waals surface area contributed by atoms with Gasteiger partial charge in [0.15, 0.2) is 0 Å². The Bertz CT molecular complexity index is 1050. The molecular weight excluding hydrogens is 400 g/mol. The molecule has 0 fully saturated rings. The molecule has 0 radical (unpaired) electrons. The molecule has 0 saturated heterocycles. The zero-order chi connectivity index (χ0) is 23.7. The molecule has 1 atom stereocenters. The van der Waals surface area contributed by atoms with E-state index in [0.29, 0.717) is 22.8 Å². The van der Waals surface area contributed by atoms with E-state index in [4.69, 9.17) is 10.5 Å². The second kappa shape index (κ2) is 11.5. The number of amides is 1. The number of anilines is 1. The molecule has 0 aromatic heterocycles. The summed E-state index contributed by atoms with van der Waals surface area (Å²) in [4.78, 5) is 12.1. The van der Waals surface area contributed by atoms with Crippen molar-refractivity contribution < 1.29 is 9.53 Å². The Morgan fingerprint density at radius 2 is 2.16 bits per heavy atom. The van der Waals surface area contributed by atoms with Crippen molar-refractivity contribution in [1.29, 1.82) is 0 Å². The maximum atomic E-state index is 12.1. The normalized spacial score (nSPS) is 15.8. The maximum absolute atomic E-state index is 12.1. The summed E-state index contributed by atoms with van der Waals surface area (Å²) in [5, 5.41) is 9.72. The van der Waals surface area contributed by atoms with Crippen molar-refractivity contribution in [2.24, 2.45) is 5.73 Å². The van der Waals surface area contributed by atoms with E-state index in [1.165, 1.54) is 5.57 Å². The standard InChI is InChI=1S/C26H32N4O2/c1-7-17(3)14-20-10-9-11-22(25(20)32-6)30-23(21(8-2)26(27)31)15-19(5)29-24-13-12-18(4)16-28-24/h7,9-13,15-16,24,28-30H,2,5,14H2,1,3-4,6H3,(H2,27,31)/b17-7-,23-15+. The average Bonchev–Trinajstić information content (AvgIpc) is 2.75. The molecule has 0 bridgehead atoms. The third kappa shape index (κ3) is 6.56. The highest BCUT2D eigenvalue weighted by molar-refractivity contribution is 5.97. The monoisotopic (exact) mass is 432 g/mol. The highest BCUT2D eigenvalue weighted by atomic mass is 16.5. The maximum Gasteiger partial charge on any atom is 0.258 e. The number of carbonyl (C=O) groups is 1. The fourth-order valence-electron chi connectivity index (χ4n) is 3.18. The van der Waals surface area contributed by atoms with Gasteiger partial charge in [0.1, 0.15) is 17.5 Å². The summed E-state index contributed by atoms with van der Waals surface area (Å²) >= 11 is 0. The van der Waals surface area contributed by atoms with Gasteiger partial charge in [-0.2, -0.15) is 0 Å². The predicted octanol–water partition coefficient (Wildman–Crippen LogP) is 4.19. The first-order valence-electron chi connectivity index (χ1n) is 10.3. The summed E-state index contributed by atoms with van der Waals surface area (Å²) in [6.45, 7) is 13.8. The number of para-hydroxylation sites is 1. The van der Waals surface area contributed by atoms with Crippen molar-refractivity contribution in [3.05, 3.63) is 101 Å². The van der Waals surface area contributed by atoms with Crippen LogP contribution in [0.25, 0.3) is 0 Å². The molecule has 1 heterocycles. The molecular formula is C26H32N4O2. The number of dihydropyridines is 1. The van der Waals surface area contributed by atoms with Gasteiger partial charge in [-0.25, -0.2) is 0 Å². The van der Waals surface area contributed by atoms with Gasteiger partial charge in [0.25, 0.3) is 5.91 Å². The van der Waals surface area contributed by atoms with E-state index >= 15 is 0 Å². The molecule has 6 heteroatoms. The Labute approximate surface area is 190 Å². The van der Waals surface area contributed by atoms with Crippen molar-refractivity contribution >= 4 is 11.6 Å². The molecule has 1 aromatic rings. The number of allylic oxidation sites excluding steroid dienone is 5. The number of carbonyl (C=O) groups excluding carboxylic acids is 1. The smallest absolute Gasteiger partial charge is 0.258 e. The Balaban J connectivity index is 2.38. The molecule has 0 spiro atoms. The van der Waals surface area contributed by atoms with E-state index in [-0.39, 0.29) is 11.7 Å². The van der Waals surface area contributed by atoms with Gasteiger partial charge < -0.3 is 26.4 Å². The topological polar surface area (TPSA) is 88.4 Å². The van der Waals surface area contributed by atoms with Gasteiger partial charge in [-0.15, -0.1) is 5.73 Å². The van der Waals surface area contributed by atoms with Crippen molar-refractivity contribution in [3.8, 4) is 5.75 Å². The first-order valence-corrected chi connectivity index (χ1v) is 10.3. The Kier molecular flexibility index (Phi) is 8.75. The van der Waals surface area contributed by atoms with Crippen LogP contribution in [0.4, 0.5) is 5.69 Å². The minimum Gasteiger partial charge on any atom is -0.494 e. The van der Waals surface area contributed by atoms with E-state index in [9.17, 15) is 4.79 Å². The number of hydrogen-bond acceptors (Lipinski definition) is 5. The number of rotatable bonds is 10. The first-order chi connectivity index (χ1) is 15.3. The molecule has 32 heavy (non-hydrogen) atoms. The van der Waals surface area contributed by atoms with Crippen molar-refractivity contribution in [2.45, 2.75) is 33.4 Å². The van der Waals surface area contributed by atoms with E-state index in [2.05, 4.69) is 47.8 Å². The SMILES string of the molecule is C=C=C(C(N)=O)/C(=C\C(=C)NC1C=CC(C)=CN1)Nc1cccc(C/C(C)=C\C)c1OC. The van der Waals surface area contributed by atoms with Crippen LogP contribution >= 0.6 is 0 Å². The van der Waals surface area contributed by atoms with Gasteiger partial charge in [-0.05, 0) is 51.0 Å². The summed E-state index contributed by atoms with van der Waals surface area (Å²) in [6.07, 6.45) is 10.3. The van der Waals surface area contributed by atoms with Gasteiger partial charge in [0, 0.05) is 17.5 Å². The van der Waals surface area contributed by atoms with Crippen LogP contribution in [0.1, 0.15) is 26.3 Å². The number of benzene rings is 1. The van der Waals surface area contributed by atoms with Gasteiger partial charge in [-0.3, -0.25) is 4.79 Å². The van der Waals surface area contributed by atoms with E-state index in [1.54, 1.807) is 13.2 Å². The summed E-state index contributed by atoms with van der Waals surface area (Å²) in [7, 11) is 1.62. The second-order valence-electron chi connectivity index (χ2n) is 7.47. The fraction of sp³-hybridized carbons (Fsp3) is 0.231. The predicted molar refractivity (Wildman–Crippen MR) is 132 cm³/mol. The molecule has 2 rings (SSSR count). The van der Waals surface area contributed by atoms with Crippen LogP contribution in [-0.2, 0) is 11.2 Å². The lowest BCUT2D eigenvalue weighted by atomic mass is 10.0. The summed E-state index contributed by atoms with van der Waals surface area (Å²) in [6, 6.07) is 5.81. The Morgan fingerprint density at radius 1 is 1.41 bits per heavy atom. The lowest BCUT2D eigenvalue weighted by Gasteiger charge is -2.21. The summed E-state index contributed by atoms with van der Waals surface area (Å²) in [5.74, 6) is 0.0317. The zero-order valence-electron chi connectivity index (χ0n) is 19.2. The van der Waals surface area contributed by atoms with Crippen LogP contribution in [0, 0.1) is 0 Å². The minimum absolute atomic E-state index is 0.118. The van der Waals surface area contributed by atoms with Crippen LogP contribution in [-0.4, -0.2) is 19.2 Å². The number of nitrogens with one attached hydrogen (secondary N) is 3. The molecule has 1 amide bonds. The Hall–Kier alpha value is -3.89. The van der Waals surface area contributed by atoms with Crippen LogP contribution < -0.4 is 26.4 Å². The van der Waals surface area contributed by atoms with Gasteiger partial charge in [0.2, 0.25) is 0 Å². The number of nitrogens with two attached hydrogens (primary N) is 1. The molecule has 6 nitrogen and oxygen atoms in total. The number of primary amides is 1.